The first kappa shape index (κ1) is 21.1. The molecule has 2 aliphatic heterocycles. The number of hydrogen-bond acceptors (Lipinski definition) is 6. The molecule has 0 amide bonds. The first-order valence-electron chi connectivity index (χ1n) is 10.3. The van der Waals surface area contributed by atoms with Crippen LogP contribution in [0, 0.1) is 0 Å². The van der Waals surface area contributed by atoms with E-state index in [1.165, 1.54) is 30.8 Å². The quantitative estimate of drug-likeness (QED) is 0.642. The molecule has 0 spiro atoms. The second kappa shape index (κ2) is 7.84. The maximum Gasteiger partial charge on any atom is 0.421 e. The third-order valence-electron chi connectivity index (χ3n) is 6.28. The van der Waals surface area contributed by atoms with Crippen molar-refractivity contribution in [2.45, 2.75) is 62.3 Å². The van der Waals surface area contributed by atoms with Gasteiger partial charge in [-0.2, -0.15) is 18.3 Å². The van der Waals surface area contributed by atoms with E-state index in [4.69, 9.17) is 5.73 Å². The van der Waals surface area contributed by atoms with Gasteiger partial charge in [-0.1, -0.05) is 12.8 Å². The Morgan fingerprint density at radius 2 is 2.00 bits per heavy atom. The van der Waals surface area contributed by atoms with Gasteiger partial charge in [0, 0.05) is 38.6 Å². The predicted molar refractivity (Wildman–Crippen MR) is 104 cm³/mol. The van der Waals surface area contributed by atoms with Gasteiger partial charge in [0.1, 0.15) is 17.6 Å². The number of likely N-dealkylation sites (N-methyl/N-ethyl adjacent to an activating group) is 1. The Hall–Kier alpha value is -2.14. The van der Waals surface area contributed by atoms with E-state index >= 15 is 0 Å². The molecule has 166 valence electrons. The van der Waals surface area contributed by atoms with Crippen molar-refractivity contribution in [1.29, 1.82) is 0 Å². The molecule has 0 bridgehead atoms. The second-order valence-electron chi connectivity index (χ2n) is 8.19. The molecule has 11 heteroatoms. The number of hydrogen-bond donors (Lipinski definition) is 3. The normalized spacial score (nSPS) is 31.3. The maximum atomic E-state index is 15.0. The van der Waals surface area contributed by atoms with Crippen molar-refractivity contribution >= 4 is 5.84 Å². The van der Waals surface area contributed by atoms with E-state index in [0.29, 0.717) is 24.6 Å². The summed E-state index contributed by atoms with van der Waals surface area (Å²) < 4.78 is 55.9. The number of aliphatic imine (C=N–C) groups is 1. The van der Waals surface area contributed by atoms with Crippen molar-refractivity contribution in [3.05, 3.63) is 29.7 Å². The number of nitrogens with two attached hydrogens (primary N) is 1. The van der Waals surface area contributed by atoms with Crippen molar-refractivity contribution in [2.75, 3.05) is 20.1 Å². The lowest BCUT2D eigenvalue weighted by Crippen LogP contribution is -2.52. The van der Waals surface area contributed by atoms with Crippen LogP contribution in [0.25, 0.3) is 0 Å². The molecule has 1 aromatic rings. The van der Waals surface area contributed by atoms with Gasteiger partial charge in [-0.15, -0.1) is 0 Å². The van der Waals surface area contributed by atoms with Crippen LogP contribution in [0.2, 0.25) is 0 Å². The zero-order valence-corrected chi connectivity index (χ0v) is 16.8. The van der Waals surface area contributed by atoms with Crippen LogP contribution >= 0.6 is 0 Å². The van der Waals surface area contributed by atoms with Crippen LogP contribution in [0.4, 0.5) is 17.6 Å². The Balaban J connectivity index is 1.49. The third-order valence-corrected chi connectivity index (χ3v) is 6.28. The first-order valence-corrected chi connectivity index (χ1v) is 10.3. The minimum Gasteiger partial charge on any atom is -0.373 e. The van der Waals surface area contributed by atoms with Crippen molar-refractivity contribution < 1.29 is 17.6 Å². The topological polar surface area (TPSA) is 83.5 Å². The van der Waals surface area contributed by atoms with Gasteiger partial charge in [0.15, 0.2) is 0 Å². The van der Waals surface area contributed by atoms with Gasteiger partial charge < -0.3 is 10.6 Å². The highest BCUT2D eigenvalue weighted by molar-refractivity contribution is 6.00. The molecule has 3 aliphatic rings. The molecule has 0 aromatic carbocycles. The molecule has 1 aliphatic carbocycles. The molecule has 4 N–H and O–H groups in total. The Kier molecular flexibility index (Phi) is 5.52. The lowest BCUT2D eigenvalue weighted by Gasteiger charge is -2.38. The van der Waals surface area contributed by atoms with Gasteiger partial charge in [0.05, 0.1) is 17.8 Å². The lowest BCUT2D eigenvalue weighted by atomic mass is 10.0. The predicted octanol–water partition coefficient (Wildman–Crippen LogP) is 2.15. The highest BCUT2D eigenvalue weighted by Gasteiger charge is 2.43. The Bertz CT molecular complexity index is 827. The summed E-state index contributed by atoms with van der Waals surface area (Å²) >= 11 is 0. The fraction of sp³-hybridized carbons (Fsp3) is 0.684. The van der Waals surface area contributed by atoms with E-state index in [1.54, 1.807) is 6.20 Å². The van der Waals surface area contributed by atoms with Crippen LogP contribution in [0.5, 0.6) is 0 Å². The molecule has 3 atom stereocenters. The van der Waals surface area contributed by atoms with E-state index in [0.717, 1.165) is 25.6 Å². The Morgan fingerprint density at radius 3 is 2.63 bits per heavy atom. The fourth-order valence-corrected chi connectivity index (χ4v) is 4.61. The molecule has 3 heterocycles. The largest absolute Gasteiger partial charge is 0.421 e. The van der Waals surface area contributed by atoms with Crippen LogP contribution in [0.3, 0.4) is 0 Å². The smallest absolute Gasteiger partial charge is 0.373 e. The van der Waals surface area contributed by atoms with Gasteiger partial charge in [0.25, 0.3) is 0 Å². The fourth-order valence-electron chi connectivity index (χ4n) is 4.61. The summed E-state index contributed by atoms with van der Waals surface area (Å²) in [6, 6.07) is 0.0395. The van der Waals surface area contributed by atoms with E-state index in [-0.39, 0.29) is 5.84 Å². The van der Waals surface area contributed by atoms with Crippen LogP contribution in [-0.4, -0.2) is 59.0 Å². The first-order chi connectivity index (χ1) is 14.2. The monoisotopic (exact) mass is 429 g/mol. The van der Waals surface area contributed by atoms with Crippen LogP contribution < -0.4 is 16.4 Å². The van der Waals surface area contributed by atoms with E-state index in [9.17, 15) is 17.6 Å². The molecule has 1 saturated carbocycles. The minimum absolute atomic E-state index is 0.359. The number of likely N-dealkylation sites (tertiary alicyclic amines) is 1. The molecular formula is C19H27F4N7. The lowest BCUT2D eigenvalue weighted by molar-refractivity contribution is -0.0872. The minimum atomic E-state index is -4.57. The summed E-state index contributed by atoms with van der Waals surface area (Å²) in [6.07, 6.45) is 3.42. The van der Waals surface area contributed by atoms with Gasteiger partial charge in [0.2, 0.25) is 5.79 Å². The highest BCUT2D eigenvalue weighted by Crippen LogP contribution is 2.33. The molecule has 7 nitrogen and oxygen atoms in total. The maximum absolute atomic E-state index is 15.0. The summed E-state index contributed by atoms with van der Waals surface area (Å²) in [5, 5.41) is 9.22. The third kappa shape index (κ3) is 3.92. The number of nitrogens with zero attached hydrogens (tertiary/aromatic N) is 4. The summed E-state index contributed by atoms with van der Waals surface area (Å²) in [6.45, 7) is 1.17. The summed E-state index contributed by atoms with van der Waals surface area (Å²) in [5.74, 6) is -1.99. The molecule has 0 radical (unpaired) electrons. The Morgan fingerprint density at radius 1 is 1.27 bits per heavy atom. The van der Waals surface area contributed by atoms with Crippen LogP contribution in [0.15, 0.2) is 29.2 Å². The molecule has 1 unspecified atom stereocenters. The molecule has 1 aromatic heterocycles. The molecule has 4 rings (SSSR count). The van der Waals surface area contributed by atoms with Gasteiger partial charge in [-0.3, -0.25) is 15.3 Å². The zero-order chi connectivity index (χ0) is 21.5. The SMILES string of the molecule is CNC1=NC(N)(c2cnn([C@@H]3CCN(C4CCCC4)C[C@H]3F)c2)NC=C1C(F)(F)F. The second-order valence-corrected chi connectivity index (χ2v) is 8.19. The number of nitrogens with one attached hydrogen (secondary N) is 2. The van der Waals surface area contributed by atoms with E-state index in [2.05, 4.69) is 25.6 Å². The van der Waals surface area contributed by atoms with Crippen LogP contribution in [0.1, 0.15) is 43.7 Å². The number of piperidine rings is 1. The summed E-state index contributed by atoms with van der Waals surface area (Å²) in [4.78, 5) is 6.26. The number of aromatic nitrogens is 2. The van der Waals surface area contributed by atoms with E-state index < -0.39 is 29.7 Å². The zero-order valence-electron chi connectivity index (χ0n) is 16.8. The molecule has 2 fully saturated rings. The summed E-state index contributed by atoms with van der Waals surface area (Å²) in [5.41, 5.74) is 5.64. The van der Waals surface area contributed by atoms with Gasteiger partial charge in [-0.25, -0.2) is 9.38 Å². The van der Waals surface area contributed by atoms with Crippen molar-refractivity contribution in [3.8, 4) is 0 Å². The van der Waals surface area contributed by atoms with Crippen LogP contribution in [-0.2, 0) is 5.79 Å². The number of rotatable bonds is 3. The van der Waals surface area contributed by atoms with Crippen molar-refractivity contribution in [2.24, 2.45) is 10.7 Å². The molecule has 1 saturated heterocycles. The number of amidine groups is 1. The highest BCUT2D eigenvalue weighted by atomic mass is 19.4. The number of alkyl halides is 4. The van der Waals surface area contributed by atoms with Crippen molar-refractivity contribution in [3.63, 3.8) is 0 Å². The molecular weight excluding hydrogens is 402 g/mol. The average molecular weight is 429 g/mol. The average Bonchev–Trinajstić information content (AvgIpc) is 3.39. The standard InChI is InChI=1S/C19H27F4N7/c1-25-17-14(18(21,22)23)9-26-19(24,28-17)12-8-27-30(10-12)16-6-7-29(11-15(16)20)13-4-2-3-5-13/h8-10,13,15-16,26H,2-7,11,24H2,1H3,(H,25,28)/t15-,16-,19?/m1/s1. The Labute approximate surface area is 172 Å². The van der Waals surface area contributed by atoms with Gasteiger partial charge in [-0.05, 0) is 19.3 Å². The van der Waals surface area contributed by atoms with Crippen molar-refractivity contribution in [1.82, 2.24) is 25.3 Å². The number of halogens is 4. The van der Waals surface area contributed by atoms with Gasteiger partial charge >= 0.3 is 6.18 Å². The van der Waals surface area contributed by atoms with E-state index in [1.807, 2.05) is 0 Å². The molecule has 30 heavy (non-hydrogen) atoms. The summed E-state index contributed by atoms with van der Waals surface area (Å²) in [7, 11) is 1.35.